The Balaban J connectivity index is 0.000000138. The molecule has 0 spiro atoms. The molecule has 6 heterocycles. The lowest BCUT2D eigenvalue weighted by Gasteiger charge is -1.82. The van der Waals surface area contributed by atoms with Gasteiger partial charge in [0.15, 0.2) is 4.67 Å². The second kappa shape index (κ2) is 11.2. The fourth-order valence-electron chi connectivity index (χ4n) is 2.96. The summed E-state index contributed by atoms with van der Waals surface area (Å²) in [5.74, 6) is 0.761. The van der Waals surface area contributed by atoms with Gasteiger partial charge in [0.05, 0.1) is 22.4 Å². The molecule has 176 valence electrons. The molecule has 0 saturated heterocycles. The molecule has 9 nitrogen and oxygen atoms in total. The lowest BCUT2D eigenvalue weighted by Crippen LogP contribution is -2.01. The normalized spacial score (nSPS) is 10.1. The third-order valence-electron chi connectivity index (χ3n) is 4.39. The summed E-state index contributed by atoms with van der Waals surface area (Å²) < 4.78 is 15.9. The summed E-state index contributed by atoms with van der Waals surface area (Å²) in [7, 11) is 0. The maximum absolute atomic E-state index is 11.1. The summed E-state index contributed by atoms with van der Waals surface area (Å²) in [6, 6.07) is 10.2. The van der Waals surface area contributed by atoms with E-state index < -0.39 is 0 Å². The molecule has 0 amide bonds. The van der Waals surface area contributed by atoms with E-state index in [9.17, 15) is 14.4 Å². The number of halogens is 1. The van der Waals surface area contributed by atoms with Gasteiger partial charge in [-0.15, -0.1) is 0 Å². The molecular weight excluding hydrogens is 506 g/mol. The van der Waals surface area contributed by atoms with E-state index in [-0.39, 0.29) is 16.7 Å². The average Bonchev–Trinajstić information content (AvgIpc) is 3.55. The Labute approximate surface area is 200 Å². The van der Waals surface area contributed by atoms with Crippen LogP contribution in [0.5, 0.6) is 0 Å². The van der Waals surface area contributed by atoms with Crippen LogP contribution in [-0.2, 0) is 0 Å². The number of pyridine rings is 3. The van der Waals surface area contributed by atoms with Gasteiger partial charge < -0.3 is 28.2 Å². The van der Waals surface area contributed by atoms with E-state index >= 15 is 0 Å². The van der Waals surface area contributed by atoms with E-state index in [2.05, 4.69) is 30.9 Å². The van der Waals surface area contributed by atoms with Gasteiger partial charge in [0, 0.05) is 24.7 Å². The van der Waals surface area contributed by atoms with Gasteiger partial charge in [-0.2, -0.15) is 0 Å². The predicted molar refractivity (Wildman–Crippen MR) is 134 cm³/mol. The number of H-pyrrole nitrogens is 3. The maximum Gasteiger partial charge on any atom is 0.259 e. The molecule has 34 heavy (non-hydrogen) atoms. The Morgan fingerprint density at radius 2 is 1.18 bits per heavy atom. The summed E-state index contributed by atoms with van der Waals surface area (Å²) in [6.07, 6.45) is 6.20. The summed E-state index contributed by atoms with van der Waals surface area (Å²) in [5.41, 5.74) is 1.54. The van der Waals surface area contributed by atoms with Crippen LogP contribution >= 0.6 is 15.9 Å². The van der Waals surface area contributed by atoms with Crippen LogP contribution in [0.3, 0.4) is 0 Å². The summed E-state index contributed by atoms with van der Waals surface area (Å²) in [4.78, 5) is 40.7. The van der Waals surface area contributed by atoms with Crippen molar-refractivity contribution >= 4 is 48.8 Å². The minimum atomic E-state index is -0.128. The molecule has 0 atom stereocenters. The molecule has 0 aliphatic carbocycles. The van der Waals surface area contributed by atoms with E-state index in [0.717, 1.165) is 5.76 Å². The molecule has 0 bridgehead atoms. The highest BCUT2D eigenvalue weighted by molar-refractivity contribution is 9.10. The number of aromatic nitrogens is 3. The van der Waals surface area contributed by atoms with E-state index in [0.29, 0.717) is 37.6 Å². The van der Waals surface area contributed by atoms with Gasteiger partial charge in [-0.1, -0.05) is 13.8 Å². The van der Waals surface area contributed by atoms with Crippen molar-refractivity contribution in [2.24, 2.45) is 0 Å². The van der Waals surface area contributed by atoms with Gasteiger partial charge in [0.25, 0.3) is 16.7 Å². The number of rotatable bonds is 0. The second-order valence-electron chi connectivity index (χ2n) is 6.58. The van der Waals surface area contributed by atoms with Crippen molar-refractivity contribution in [2.75, 3.05) is 0 Å². The van der Waals surface area contributed by atoms with Crippen molar-refractivity contribution in [1.82, 2.24) is 15.0 Å². The van der Waals surface area contributed by atoms with Crippen LogP contribution in [0, 0.1) is 6.92 Å². The van der Waals surface area contributed by atoms with Gasteiger partial charge >= 0.3 is 0 Å². The molecule has 6 aromatic rings. The fourth-order valence-corrected chi connectivity index (χ4v) is 3.36. The second-order valence-corrected chi connectivity index (χ2v) is 7.36. The zero-order valence-corrected chi connectivity index (χ0v) is 20.2. The van der Waals surface area contributed by atoms with Crippen molar-refractivity contribution in [1.29, 1.82) is 0 Å². The first kappa shape index (κ1) is 24.6. The average molecular weight is 528 g/mol. The standard InChI is InChI=1S/C8H7NO2.C7H4BrNO2.C7H5NO2.C2H6/c1-5-4-6-7(11-5)2-3-9-8(6)10;8-6-3-4-5(11-6)1-2-9-7(4)10;9-7-5-2-4-10-6(5)1-3-8-7;1-2/h2-4H,1H3,(H,9,10);1-3H,(H,9,10);1-4H,(H,8,9);1-2H3. The molecule has 6 aromatic heterocycles. The molecule has 0 aliphatic rings. The van der Waals surface area contributed by atoms with Crippen molar-refractivity contribution in [3.8, 4) is 0 Å². The maximum atomic E-state index is 11.1. The highest BCUT2D eigenvalue weighted by Crippen LogP contribution is 2.19. The Bertz CT molecular complexity index is 1600. The molecule has 0 saturated carbocycles. The van der Waals surface area contributed by atoms with Gasteiger partial charge in [-0.05, 0) is 53.2 Å². The SMILES string of the molecule is CC.Cc1cc2c(=O)[nH]ccc2o1.O=c1[nH]ccc2oc(Br)cc12.O=c1[nH]ccc2occc12. The smallest absolute Gasteiger partial charge is 0.259 e. The Kier molecular flexibility index (Phi) is 8.10. The quantitative estimate of drug-likeness (QED) is 0.239. The Hall–Kier alpha value is -4.05. The summed E-state index contributed by atoms with van der Waals surface area (Å²) in [5, 5.41) is 1.78. The first-order chi connectivity index (χ1) is 16.4. The molecular formula is C24H22BrN3O6. The third-order valence-corrected chi connectivity index (χ3v) is 4.78. The predicted octanol–water partition coefficient (Wildman–Crippen LogP) is 5.46. The number of fused-ring (bicyclic) bond motifs is 3. The summed E-state index contributed by atoms with van der Waals surface area (Å²) >= 11 is 3.14. The van der Waals surface area contributed by atoms with Crippen LogP contribution in [-0.4, -0.2) is 15.0 Å². The number of hydrogen-bond donors (Lipinski definition) is 3. The molecule has 0 aliphatic heterocycles. The zero-order valence-electron chi connectivity index (χ0n) is 18.6. The van der Waals surface area contributed by atoms with Gasteiger partial charge in [0.2, 0.25) is 0 Å². The third kappa shape index (κ3) is 5.65. The van der Waals surface area contributed by atoms with E-state index in [1.807, 2.05) is 20.8 Å². The molecule has 0 aromatic carbocycles. The Morgan fingerprint density at radius 3 is 1.71 bits per heavy atom. The van der Waals surface area contributed by atoms with Crippen molar-refractivity contribution < 1.29 is 13.3 Å². The number of aromatic amines is 3. The van der Waals surface area contributed by atoms with Gasteiger partial charge in [-0.25, -0.2) is 0 Å². The van der Waals surface area contributed by atoms with Crippen LogP contribution in [0.2, 0.25) is 0 Å². The van der Waals surface area contributed by atoms with Crippen LogP contribution < -0.4 is 16.7 Å². The summed E-state index contributed by atoms with van der Waals surface area (Å²) in [6.45, 7) is 5.82. The number of hydrogen-bond acceptors (Lipinski definition) is 6. The molecule has 0 radical (unpaired) electrons. The van der Waals surface area contributed by atoms with E-state index in [1.165, 1.54) is 6.26 Å². The molecule has 0 fully saturated rings. The van der Waals surface area contributed by atoms with E-state index in [1.54, 1.807) is 55.0 Å². The highest BCUT2D eigenvalue weighted by Gasteiger charge is 2.03. The van der Waals surface area contributed by atoms with Crippen LogP contribution in [0.4, 0.5) is 0 Å². The minimum Gasteiger partial charge on any atom is -0.464 e. The van der Waals surface area contributed by atoms with Crippen LogP contribution in [0.25, 0.3) is 32.9 Å². The van der Waals surface area contributed by atoms with Crippen LogP contribution in [0.15, 0.2) is 93.6 Å². The number of furan rings is 3. The lowest BCUT2D eigenvalue weighted by molar-refractivity contribution is 0.578. The van der Waals surface area contributed by atoms with Gasteiger partial charge in [0.1, 0.15) is 22.5 Å². The number of nitrogens with one attached hydrogen (secondary N) is 3. The largest absolute Gasteiger partial charge is 0.464 e. The van der Waals surface area contributed by atoms with Crippen molar-refractivity contribution in [2.45, 2.75) is 20.8 Å². The molecule has 10 heteroatoms. The Morgan fingerprint density at radius 1 is 0.676 bits per heavy atom. The first-order valence-electron chi connectivity index (χ1n) is 10.3. The minimum absolute atomic E-state index is 0.0978. The lowest BCUT2D eigenvalue weighted by atomic mass is 10.3. The zero-order chi connectivity index (χ0) is 24.7. The highest BCUT2D eigenvalue weighted by atomic mass is 79.9. The molecule has 6 rings (SSSR count). The topological polar surface area (TPSA) is 138 Å². The monoisotopic (exact) mass is 527 g/mol. The van der Waals surface area contributed by atoms with Gasteiger partial charge in [-0.3, -0.25) is 14.4 Å². The molecule has 0 unspecified atom stereocenters. The van der Waals surface area contributed by atoms with Crippen molar-refractivity contribution in [3.05, 3.63) is 103 Å². The first-order valence-corrected chi connectivity index (χ1v) is 11.1. The fraction of sp³-hybridized carbons (Fsp3) is 0.125. The van der Waals surface area contributed by atoms with E-state index in [4.69, 9.17) is 13.3 Å². The molecule has 3 N–H and O–H groups in total. The van der Waals surface area contributed by atoms with Crippen molar-refractivity contribution in [3.63, 3.8) is 0 Å². The van der Waals surface area contributed by atoms with Crippen LogP contribution in [0.1, 0.15) is 19.6 Å². The number of aryl methyl sites for hydroxylation is 1.